The SMILES string of the molecule is O=C(COC(=O)COc1cccc2ccccc12)Nc1ccc2c(c1)OC(F)(F)O2. The van der Waals surface area contributed by atoms with Gasteiger partial charge in [-0.2, -0.15) is 0 Å². The molecule has 0 unspecified atom stereocenters. The third-order valence-corrected chi connectivity index (χ3v) is 4.14. The van der Waals surface area contributed by atoms with Gasteiger partial charge in [-0.1, -0.05) is 36.4 Å². The van der Waals surface area contributed by atoms with E-state index >= 15 is 0 Å². The lowest BCUT2D eigenvalue weighted by Crippen LogP contribution is -2.26. The van der Waals surface area contributed by atoms with Gasteiger partial charge in [0.2, 0.25) is 0 Å². The zero-order valence-corrected chi connectivity index (χ0v) is 15.4. The number of halogens is 2. The maximum absolute atomic E-state index is 13.0. The van der Waals surface area contributed by atoms with Crippen LogP contribution in [0.15, 0.2) is 60.7 Å². The van der Waals surface area contributed by atoms with E-state index < -0.39 is 24.8 Å². The molecule has 0 saturated carbocycles. The van der Waals surface area contributed by atoms with Crippen molar-refractivity contribution in [2.45, 2.75) is 6.29 Å². The molecule has 1 N–H and O–H groups in total. The Morgan fingerprint density at radius 1 is 0.933 bits per heavy atom. The minimum absolute atomic E-state index is 0.144. The Labute approximate surface area is 169 Å². The molecule has 0 aromatic heterocycles. The summed E-state index contributed by atoms with van der Waals surface area (Å²) in [6.45, 7) is -0.942. The van der Waals surface area contributed by atoms with Crippen LogP contribution in [0.1, 0.15) is 0 Å². The van der Waals surface area contributed by atoms with E-state index in [1.54, 1.807) is 12.1 Å². The fourth-order valence-electron chi connectivity index (χ4n) is 2.87. The Morgan fingerprint density at radius 2 is 1.70 bits per heavy atom. The van der Waals surface area contributed by atoms with Gasteiger partial charge in [0, 0.05) is 17.1 Å². The topological polar surface area (TPSA) is 83.1 Å². The van der Waals surface area contributed by atoms with E-state index in [2.05, 4.69) is 14.8 Å². The summed E-state index contributed by atoms with van der Waals surface area (Å²) in [4.78, 5) is 23.8. The van der Waals surface area contributed by atoms with Crippen molar-refractivity contribution in [2.75, 3.05) is 18.5 Å². The molecule has 1 amide bonds. The number of esters is 1. The third kappa shape index (κ3) is 4.40. The standard InChI is InChI=1S/C21H15F2NO6/c22-21(23)29-17-9-8-14(10-18(17)30-21)24-19(25)11-28-20(26)12-27-16-7-3-5-13-4-1-2-6-15(13)16/h1-10H,11-12H2,(H,24,25). The number of hydrogen-bond acceptors (Lipinski definition) is 6. The van der Waals surface area contributed by atoms with Crippen LogP contribution in [-0.2, 0) is 14.3 Å². The zero-order chi connectivity index (χ0) is 21.1. The number of amides is 1. The van der Waals surface area contributed by atoms with E-state index in [1.165, 1.54) is 18.2 Å². The van der Waals surface area contributed by atoms with Crippen LogP contribution in [0.25, 0.3) is 10.8 Å². The van der Waals surface area contributed by atoms with Crippen LogP contribution < -0.4 is 19.5 Å². The first-order valence-corrected chi connectivity index (χ1v) is 8.85. The number of anilines is 1. The fraction of sp³-hybridized carbons (Fsp3) is 0.143. The molecule has 154 valence electrons. The van der Waals surface area contributed by atoms with Gasteiger partial charge in [-0.05, 0) is 23.6 Å². The lowest BCUT2D eigenvalue weighted by molar-refractivity contribution is -0.286. The molecule has 7 nitrogen and oxygen atoms in total. The molecule has 1 heterocycles. The molecule has 0 radical (unpaired) electrons. The number of carbonyl (C=O) groups excluding carboxylic acids is 2. The van der Waals surface area contributed by atoms with E-state index in [9.17, 15) is 18.4 Å². The average Bonchev–Trinajstić information content (AvgIpc) is 3.03. The lowest BCUT2D eigenvalue weighted by atomic mass is 10.1. The maximum atomic E-state index is 13.0. The number of benzene rings is 3. The van der Waals surface area contributed by atoms with E-state index in [0.717, 1.165) is 10.8 Å². The third-order valence-electron chi connectivity index (χ3n) is 4.14. The van der Waals surface area contributed by atoms with Crippen LogP contribution in [0.5, 0.6) is 17.2 Å². The number of rotatable bonds is 6. The highest BCUT2D eigenvalue weighted by atomic mass is 19.3. The number of alkyl halides is 2. The summed E-state index contributed by atoms with van der Waals surface area (Å²) < 4.78 is 45.0. The van der Waals surface area contributed by atoms with E-state index in [0.29, 0.717) is 5.75 Å². The van der Waals surface area contributed by atoms with Crippen molar-refractivity contribution in [3.05, 3.63) is 60.7 Å². The summed E-state index contributed by atoms with van der Waals surface area (Å²) in [5.74, 6) is -1.22. The van der Waals surface area contributed by atoms with Crippen LogP contribution in [0.2, 0.25) is 0 Å². The monoisotopic (exact) mass is 415 g/mol. The Morgan fingerprint density at radius 3 is 2.57 bits per heavy atom. The molecule has 3 aromatic rings. The quantitative estimate of drug-likeness (QED) is 0.618. The van der Waals surface area contributed by atoms with E-state index in [1.807, 2.05) is 30.3 Å². The molecule has 0 saturated heterocycles. The molecule has 1 aliphatic rings. The Bertz CT molecular complexity index is 1110. The Hall–Kier alpha value is -3.88. The highest BCUT2D eigenvalue weighted by molar-refractivity contribution is 5.93. The van der Waals surface area contributed by atoms with Gasteiger partial charge in [-0.25, -0.2) is 4.79 Å². The largest absolute Gasteiger partial charge is 0.586 e. The normalized spacial score (nSPS) is 13.7. The molecular weight excluding hydrogens is 400 g/mol. The lowest BCUT2D eigenvalue weighted by Gasteiger charge is -2.10. The summed E-state index contributed by atoms with van der Waals surface area (Å²) >= 11 is 0. The number of ether oxygens (including phenoxy) is 4. The summed E-state index contributed by atoms with van der Waals surface area (Å²) in [6, 6.07) is 16.8. The molecule has 0 bridgehead atoms. The highest BCUT2D eigenvalue weighted by Gasteiger charge is 2.43. The second-order valence-corrected chi connectivity index (χ2v) is 6.30. The van der Waals surface area contributed by atoms with Gasteiger partial charge < -0.3 is 24.3 Å². The van der Waals surface area contributed by atoms with Crippen molar-refractivity contribution in [2.24, 2.45) is 0 Å². The smallest absolute Gasteiger partial charge is 0.481 e. The molecule has 0 spiro atoms. The predicted octanol–water partition coefficient (Wildman–Crippen LogP) is 3.72. The minimum atomic E-state index is -3.75. The molecule has 3 aromatic carbocycles. The molecule has 1 aliphatic heterocycles. The van der Waals surface area contributed by atoms with Gasteiger partial charge in [0.05, 0.1) is 0 Å². The first-order chi connectivity index (χ1) is 14.4. The highest BCUT2D eigenvalue weighted by Crippen LogP contribution is 2.42. The second kappa shape index (κ2) is 7.86. The second-order valence-electron chi connectivity index (χ2n) is 6.30. The molecule has 0 atom stereocenters. The average molecular weight is 415 g/mol. The molecular formula is C21H15F2NO6. The van der Waals surface area contributed by atoms with Gasteiger partial charge in [0.15, 0.2) is 24.7 Å². The van der Waals surface area contributed by atoms with Gasteiger partial charge in [0.1, 0.15) is 5.75 Å². The van der Waals surface area contributed by atoms with Crippen LogP contribution in [0.4, 0.5) is 14.5 Å². The van der Waals surface area contributed by atoms with Crippen molar-refractivity contribution < 1.29 is 37.3 Å². The molecule has 0 fully saturated rings. The number of hydrogen-bond donors (Lipinski definition) is 1. The van der Waals surface area contributed by atoms with Gasteiger partial charge in [0.25, 0.3) is 5.91 Å². The van der Waals surface area contributed by atoms with Crippen LogP contribution in [0.3, 0.4) is 0 Å². The Balaban J connectivity index is 1.27. The van der Waals surface area contributed by atoms with Gasteiger partial charge in [-0.15, -0.1) is 8.78 Å². The molecule has 9 heteroatoms. The van der Waals surface area contributed by atoms with Crippen molar-refractivity contribution in [3.63, 3.8) is 0 Å². The van der Waals surface area contributed by atoms with Gasteiger partial charge >= 0.3 is 12.3 Å². The van der Waals surface area contributed by atoms with Crippen LogP contribution in [-0.4, -0.2) is 31.4 Å². The predicted molar refractivity (Wildman–Crippen MR) is 102 cm³/mol. The van der Waals surface area contributed by atoms with Crippen molar-refractivity contribution in [1.29, 1.82) is 0 Å². The van der Waals surface area contributed by atoms with E-state index in [4.69, 9.17) is 9.47 Å². The number of carbonyl (C=O) groups is 2. The number of fused-ring (bicyclic) bond motifs is 2. The summed E-state index contributed by atoms with van der Waals surface area (Å²) in [5.41, 5.74) is 0.183. The summed E-state index contributed by atoms with van der Waals surface area (Å²) in [5, 5.41) is 4.22. The summed E-state index contributed by atoms with van der Waals surface area (Å²) in [7, 11) is 0. The van der Waals surface area contributed by atoms with Gasteiger partial charge in [-0.3, -0.25) is 4.79 Å². The van der Waals surface area contributed by atoms with Crippen molar-refractivity contribution in [1.82, 2.24) is 0 Å². The van der Waals surface area contributed by atoms with Crippen LogP contribution >= 0.6 is 0 Å². The minimum Gasteiger partial charge on any atom is -0.481 e. The summed E-state index contributed by atoms with van der Waals surface area (Å²) in [6.07, 6.45) is -3.75. The maximum Gasteiger partial charge on any atom is 0.586 e. The van der Waals surface area contributed by atoms with Crippen molar-refractivity contribution in [3.8, 4) is 17.2 Å². The molecule has 30 heavy (non-hydrogen) atoms. The first kappa shape index (κ1) is 19.4. The fourth-order valence-corrected chi connectivity index (χ4v) is 2.87. The molecule has 4 rings (SSSR count). The van der Waals surface area contributed by atoms with Crippen molar-refractivity contribution >= 4 is 28.3 Å². The Kier molecular flexibility index (Phi) is 5.09. The number of nitrogens with one attached hydrogen (secondary N) is 1. The first-order valence-electron chi connectivity index (χ1n) is 8.85. The van der Waals surface area contributed by atoms with Crippen LogP contribution in [0, 0.1) is 0 Å². The zero-order valence-electron chi connectivity index (χ0n) is 15.4. The molecule has 0 aliphatic carbocycles. The van der Waals surface area contributed by atoms with E-state index in [-0.39, 0.29) is 23.8 Å².